The Labute approximate surface area is 120 Å². The molecule has 0 spiro atoms. The number of carbonyl (C=O) groups excluding carboxylic acids is 1. The number of nitrogens with one attached hydrogen (secondary N) is 1. The number of H-pyrrole nitrogens is 1. The smallest absolute Gasteiger partial charge is 0.310 e. The number of nitrogens with zero attached hydrogens (tertiary/aromatic N) is 3. The summed E-state index contributed by atoms with van der Waals surface area (Å²) in [5.74, 6) is -0.276. The molecule has 1 N–H and O–H groups in total. The number of hydrogen-bond acceptors (Lipinski definition) is 5. The normalized spacial score (nSPS) is 20.3. The molecule has 0 amide bonds. The number of aromatic amines is 1. The second kappa shape index (κ2) is 5.16. The summed E-state index contributed by atoms with van der Waals surface area (Å²) < 4.78 is 6.96. The fourth-order valence-corrected chi connectivity index (χ4v) is 2.40. The van der Waals surface area contributed by atoms with Crippen molar-refractivity contribution < 1.29 is 9.53 Å². The molecular formula is C14H16N4O3. The van der Waals surface area contributed by atoms with Gasteiger partial charge >= 0.3 is 5.97 Å². The lowest BCUT2D eigenvalue weighted by Crippen LogP contribution is -2.17. The van der Waals surface area contributed by atoms with Crippen LogP contribution in [0.3, 0.4) is 0 Å². The first-order valence-corrected chi connectivity index (χ1v) is 6.76. The van der Waals surface area contributed by atoms with Crippen molar-refractivity contribution >= 4 is 5.97 Å². The second-order valence-electron chi connectivity index (χ2n) is 5.30. The molecule has 2 aromatic rings. The number of rotatable bonds is 4. The summed E-state index contributed by atoms with van der Waals surface area (Å²) in [6, 6.07) is 3.34. The number of hydrogen-bond donors (Lipinski definition) is 1. The Kier molecular flexibility index (Phi) is 3.32. The molecule has 3 rings (SSSR count). The van der Waals surface area contributed by atoms with Crippen LogP contribution in [0.4, 0.5) is 0 Å². The SMILES string of the molecule is Cc1cc(=O)c(COC(=O)[C@@H]2C[C@H]2c2ccnn2C)n[nH]1. The molecule has 1 aliphatic carbocycles. The van der Waals surface area contributed by atoms with E-state index in [1.54, 1.807) is 17.8 Å². The molecule has 0 radical (unpaired) electrons. The summed E-state index contributed by atoms with van der Waals surface area (Å²) in [4.78, 5) is 23.6. The number of ether oxygens (including phenoxy) is 1. The van der Waals surface area contributed by atoms with Crippen LogP contribution in [0.15, 0.2) is 23.1 Å². The zero-order valence-electron chi connectivity index (χ0n) is 11.9. The molecule has 110 valence electrons. The first-order chi connectivity index (χ1) is 10.1. The highest BCUT2D eigenvalue weighted by Crippen LogP contribution is 2.47. The van der Waals surface area contributed by atoms with Gasteiger partial charge in [0.05, 0.1) is 5.92 Å². The third-order valence-electron chi connectivity index (χ3n) is 3.68. The fraction of sp³-hybridized carbons (Fsp3) is 0.429. The average molecular weight is 288 g/mol. The molecule has 0 saturated heterocycles. The molecule has 2 aromatic heterocycles. The highest BCUT2D eigenvalue weighted by molar-refractivity contribution is 5.77. The topological polar surface area (TPSA) is 89.9 Å². The van der Waals surface area contributed by atoms with Crippen LogP contribution >= 0.6 is 0 Å². The van der Waals surface area contributed by atoms with Gasteiger partial charge in [-0.25, -0.2) is 0 Å². The van der Waals surface area contributed by atoms with Crippen LogP contribution in [0, 0.1) is 12.8 Å². The zero-order valence-corrected chi connectivity index (χ0v) is 11.9. The van der Waals surface area contributed by atoms with E-state index >= 15 is 0 Å². The minimum absolute atomic E-state index is 0.0942. The minimum atomic E-state index is -0.289. The van der Waals surface area contributed by atoms with Crippen LogP contribution in [0.2, 0.25) is 0 Å². The Bertz CT molecular complexity index is 734. The van der Waals surface area contributed by atoms with E-state index in [1.165, 1.54) is 6.07 Å². The van der Waals surface area contributed by atoms with Crippen molar-refractivity contribution in [3.63, 3.8) is 0 Å². The molecule has 0 aliphatic heterocycles. The molecule has 21 heavy (non-hydrogen) atoms. The van der Waals surface area contributed by atoms with Crippen molar-refractivity contribution in [2.24, 2.45) is 13.0 Å². The summed E-state index contributed by atoms with van der Waals surface area (Å²) in [7, 11) is 1.85. The van der Waals surface area contributed by atoms with Gasteiger partial charge in [-0.15, -0.1) is 0 Å². The summed E-state index contributed by atoms with van der Waals surface area (Å²) >= 11 is 0. The maximum absolute atomic E-state index is 12.0. The fourth-order valence-electron chi connectivity index (χ4n) is 2.40. The van der Waals surface area contributed by atoms with Crippen LogP contribution in [-0.4, -0.2) is 25.9 Å². The lowest BCUT2D eigenvalue weighted by Gasteiger charge is -2.04. The van der Waals surface area contributed by atoms with E-state index in [1.807, 2.05) is 13.1 Å². The van der Waals surface area contributed by atoms with Gasteiger partial charge in [0.25, 0.3) is 0 Å². The standard InChI is InChI=1S/C14H16N4O3/c1-8-5-13(19)11(17-16-8)7-21-14(20)10-6-9(10)12-3-4-15-18(12)2/h3-5,9-10H,6-7H2,1-2H3,(H,16,19)/t9-,10-/m1/s1. The molecule has 2 atom stereocenters. The Balaban J connectivity index is 1.59. The van der Waals surface area contributed by atoms with Crippen molar-refractivity contribution in [2.45, 2.75) is 25.9 Å². The number of aryl methyl sites for hydroxylation is 2. The first-order valence-electron chi connectivity index (χ1n) is 6.76. The third-order valence-corrected chi connectivity index (χ3v) is 3.68. The highest BCUT2D eigenvalue weighted by Gasteiger charge is 2.46. The van der Waals surface area contributed by atoms with Gasteiger partial charge in [0, 0.05) is 36.6 Å². The van der Waals surface area contributed by atoms with E-state index in [9.17, 15) is 9.59 Å². The van der Waals surface area contributed by atoms with Gasteiger partial charge in [0.1, 0.15) is 12.3 Å². The summed E-state index contributed by atoms with van der Waals surface area (Å²) in [6.45, 7) is 1.65. The largest absolute Gasteiger partial charge is 0.459 e. The van der Waals surface area contributed by atoms with Crippen molar-refractivity contribution in [1.82, 2.24) is 20.0 Å². The molecule has 0 unspecified atom stereocenters. The maximum Gasteiger partial charge on any atom is 0.310 e. The van der Waals surface area contributed by atoms with E-state index in [0.717, 1.165) is 12.1 Å². The molecule has 7 heteroatoms. The minimum Gasteiger partial charge on any atom is -0.459 e. The number of carbonyl (C=O) groups is 1. The zero-order chi connectivity index (χ0) is 15.0. The average Bonchev–Trinajstić information content (AvgIpc) is 3.12. The second-order valence-corrected chi connectivity index (χ2v) is 5.30. The van der Waals surface area contributed by atoms with Gasteiger partial charge < -0.3 is 4.74 Å². The van der Waals surface area contributed by atoms with Gasteiger partial charge in [-0.1, -0.05) is 0 Å². The lowest BCUT2D eigenvalue weighted by atomic mass is 10.2. The molecular weight excluding hydrogens is 272 g/mol. The molecule has 2 heterocycles. The Morgan fingerprint density at radius 1 is 1.57 bits per heavy atom. The predicted octanol–water partition coefficient (Wildman–Crippen LogP) is 0.659. The van der Waals surface area contributed by atoms with Crippen molar-refractivity contribution in [2.75, 3.05) is 0 Å². The molecule has 7 nitrogen and oxygen atoms in total. The van der Waals surface area contributed by atoms with E-state index in [4.69, 9.17) is 4.74 Å². The Morgan fingerprint density at radius 2 is 2.38 bits per heavy atom. The molecule has 1 aliphatic rings. The molecule has 1 saturated carbocycles. The van der Waals surface area contributed by atoms with Gasteiger partial charge in [0.2, 0.25) is 5.43 Å². The van der Waals surface area contributed by atoms with Crippen LogP contribution < -0.4 is 5.43 Å². The number of aromatic nitrogens is 4. The molecule has 1 fully saturated rings. The van der Waals surface area contributed by atoms with E-state index < -0.39 is 0 Å². The Hall–Kier alpha value is -2.44. The predicted molar refractivity (Wildman–Crippen MR) is 73.4 cm³/mol. The van der Waals surface area contributed by atoms with Crippen molar-refractivity contribution in [1.29, 1.82) is 0 Å². The maximum atomic E-state index is 12.0. The summed E-state index contributed by atoms with van der Waals surface area (Å²) in [5, 5.41) is 10.7. The van der Waals surface area contributed by atoms with Crippen LogP contribution in [0.25, 0.3) is 0 Å². The first kappa shape index (κ1) is 13.5. The van der Waals surface area contributed by atoms with E-state index in [-0.39, 0.29) is 35.5 Å². The van der Waals surface area contributed by atoms with Gasteiger partial charge in [0.15, 0.2) is 0 Å². The summed E-state index contributed by atoms with van der Waals surface area (Å²) in [6.07, 6.45) is 2.47. The van der Waals surface area contributed by atoms with Crippen LogP contribution in [0.1, 0.15) is 29.4 Å². The van der Waals surface area contributed by atoms with Gasteiger partial charge in [-0.05, 0) is 19.4 Å². The molecule has 0 bridgehead atoms. The number of esters is 1. The van der Waals surface area contributed by atoms with Crippen molar-refractivity contribution in [3.8, 4) is 0 Å². The summed E-state index contributed by atoms with van der Waals surface area (Å²) in [5.41, 5.74) is 1.70. The van der Waals surface area contributed by atoms with Crippen molar-refractivity contribution in [3.05, 3.63) is 45.6 Å². The molecule has 0 aromatic carbocycles. The Morgan fingerprint density at radius 3 is 3.05 bits per heavy atom. The third kappa shape index (κ3) is 2.72. The van der Waals surface area contributed by atoms with Gasteiger partial charge in [-0.3, -0.25) is 19.4 Å². The van der Waals surface area contributed by atoms with E-state index in [2.05, 4.69) is 15.3 Å². The highest BCUT2D eigenvalue weighted by atomic mass is 16.5. The monoisotopic (exact) mass is 288 g/mol. The van der Waals surface area contributed by atoms with E-state index in [0.29, 0.717) is 5.69 Å². The van der Waals surface area contributed by atoms with Crippen LogP contribution in [0.5, 0.6) is 0 Å². The van der Waals surface area contributed by atoms with Crippen LogP contribution in [-0.2, 0) is 23.2 Å². The lowest BCUT2D eigenvalue weighted by molar-refractivity contribution is -0.146. The van der Waals surface area contributed by atoms with Gasteiger partial charge in [-0.2, -0.15) is 10.2 Å². The quantitative estimate of drug-likeness (QED) is 0.835.